The molecule has 11 heteroatoms. The highest BCUT2D eigenvalue weighted by molar-refractivity contribution is 5.96. The van der Waals surface area contributed by atoms with Gasteiger partial charge in [-0.25, -0.2) is 4.79 Å². The first-order valence-electron chi connectivity index (χ1n) is 15.9. The number of terminal acetylenes is 1. The van der Waals surface area contributed by atoms with Crippen LogP contribution in [0.2, 0.25) is 0 Å². The van der Waals surface area contributed by atoms with Crippen LogP contribution in [0.15, 0.2) is 16.8 Å². The molecule has 0 bridgehead atoms. The van der Waals surface area contributed by atoms with Gasteiger partial charge in [-0.3, -0.25) is 14.4 Å². The van der Waals surface area contributed by atoms with Crippen LogP contribution in [0.25, 0.3) is 0 Å². The van der Waals surface area contributed by atoms with Crippen molar-refractivity contribution in [3.8, 4) is 12.3 Å². The van der Waals surface area contributed by atoms with Crippen molar-refractivity contribution in [1.29, 1.82) is 0 Å². The summed E-state index contributed by atoms with van der Waals surface area (Å²) in [5, 5.41) is 29.9. The standard InChI is InChI=1S/C33H48N4O7/c1-6-33(43)16-13-24-22-8-7-20-17-21(11-14-31(20,4)23(22)12-15-32(24,33)5)37-44-18-27(39)36-28(19(2)3)29(40)35-25(30(41)42)9-10-26(34)38/h1,17,19,22-25,28,43H,7-16,18H2,2-5H3,(H2,34,38)(H,35,40)(H,36,39)(H,41,42)/b37-21-/t22-,23-,24-,25-,28+,31+,32+,33-/m1/s1. The Morgan fingerprint density at radius 3 is 2.45 bits per heavy atom. The zero-order chi connectivity index (χ0) is 32.4. The number of carbonyl (C=O) groups excluding carboxylic acids is 3. The fourth-order valence-electron chi connectivity index (χ4n) is 8.63. The van der Waals surface area contributed by atoms with E-state index in [1.54, 1.807) is 13.8 Å². The number of nitrogens with one attached hydrogen (secondary N) is 2. The van der Waals surface area contributed by atoms with Gasteiger partial charge in [-0.1, -0.05) is 44.3 Å². The zero-order valence-corrected chi connectivity index (χ0v) is 26.4. The molecule has 0 saturated heterocycles. The van der Waals surface area contributed by atoms with E-state index in [1.807, 2.05) is 0 Å². The number of primary amides is 1. The Balaban J connectivity index is 1.34. The Kier molecular flexibility index (Phi) is 9.84. The number of aliphatic hydroxyl groups is 1. The average Bonchev–Trinajstić information content (AvgIpc) is 3.24. The molecule has 11 nitrogen and oxygen atoms in total. The smallest absolute Gasteiger partial charge is 0.326 e. The minimum Gasteiger partial charge on any atom is -0.480 e. The lowest BCUT2D eigenvalue weighted by Gasteiger charge is -2.58. The van der Waals surface area contributed by atoms with Crippen LogP contribution in [0, 0.1) is 46.8 Å². The van der Waals surface area contributed by atoms with Crippen molar-refractivity contribution in [3.63, 3.8) is 0 Å². The second-order valence-corrected chi connectivity index (χ2v) is 14.1. The molecule has 0 aromatic heterocycles. The first kappa shape index (κ1) is 33.5. The number of oxime groups is 1. The second kappa shape index (κ2) is 12.9. The Morgan fingerprint density at radius 2 is 1.82 bits per heavy atom. The largest absolute Gasteiger partial charge is 0.480 e. The van der Waals surface area contributed by atoms with E-state index in [4.69, 9.17) is 17.0 Å². The number of carboxylic acid groups (broad SMARTS) is 1. The van der Waals surface area contributed by atoms with Gasteiger partial charge in [0.2, 0.25) is 11.8 Å². The first-order valence-corrected chi connectivity index (χ1v) is 15.9. The van der Waals surface area contributed by atoms with Gasteiger partial charge in [-0.05, 0) is 93.0 Å². The molecule has 0 radical (unpaired) electrons. The summed E-state index contributed by atoms with van der Waals surface area (Å²) in [7, 11) is 0. The van der Waals surface area contributed by atoms with Crippen LogP contribution >= 0.6 is 0 Å². The molecule has 3 amide bonds. The van der Waals surface area contributed by atoms with Gasteiger partial charge in [-0.15, -0.1) is 6.42 Å². The van der Waals surface area contributed by atoms with Gasteiger partial charge in [0.15, 0.2) is 6.61 Å². The molecular formula is C33H48N4O7. The molecule has 0 aromatic carbocycles. The van der Waals surface area contributed by atoms with Crippen LogP contribution in [0.5, 0.6) is 0 Å². The van der Waals surface area contributed by atoms with Crippen LogP contribution in [-0.4, -0.2) is 63.9 Å². The van der Waals surface area contributed by atoms with E-state index >= 15 is 0 Å². The average molecular weight is 613 g/mol. The van der Waals surface area contributed by atoms with E-state index in [1.165, 1.54) is 5.57 Å². The van der Waals surface area contributed by atoms with Crippen LogP contribution in [-0.2, 0) is 24.0 Å². The van der Waals surface area contributed by atoms with E-state index in [-0.39, 0.29) is 29.6 Å². The van der Waals surface area contributed by atoms with Crippen LogP contribution < -0.4 is 16.4 Å². The number of amides is 3. The lowest BCUT2D eigenvalue weighted by atomic mass is 9.46. The van der Waals surface area contributed by atoms with Crippen molar-refractivity contribution in [3.05, 3.63) is 11.6 Å². The highest BCUT2D eigenvalue weighted by atomic mass is 16.6. The van der Waals surface area contributed by atoms with Crippen LogP contribution in [0.3, 0.4) is 0 Å². The molecule has 242 valence electrons. The summed E-state index contributed by atoms with van der Waals surface area (Å²) in [6.45, 7) is 7.61. The number of carboxylic acids is 1. The van der Waals surface area contributed by atoms with Crippen LogP contribution in [0.1, 0.15) is 91.9 Å². The molecule has 3 saturated carbocycles. The molecular weight excluding hydrogens is 564 g/mol. The van der Waals surface area contributed by atoms with Crippen LogP contribution in [0.4, 0.5) is 0 Å². The normalized spacial score (nSPS) is 34.8. The molecule has 0 heterocycles. The fourth-order valence-corrected chi connectivity index (χ4v) is 8.63. The Hall–Kier alpha value is -3.39. The molecule has 44 heavy (non-hydrogen) atoms. The Labute approximate surface area is 259 Å². The van der Waals surface area contributed by atoms with Gasteiger partial charge < -0.3 is 31.4 Å². The zero-order valence-electron chi connectivity index (χ0n) is 26.4. The monoisotopic (exact) mass is 612 g/mol. The van der Waals surface area contributed by atoms with E-state index in [9.17, 15) is 29.4 Å². The SMILES string of the molecule is C#C[C@@]1(O)CC[C@@H]2[C@@H]3CCC4=C/C(=N\OCC(=O)N[C@H](C(=O)N[C@H](CCC(N)=O)C(=O)O)C(C)C)CC[C@]4(C)[C@@H]3CC[C@@]21C. The van der Waals surface area contributed by atoms with Gasteiger partial charge in [0.05, 0.1) is 5.71 Å². The van der Waals surface area contributed by atoms with Gasteiger partial charge >= 0.3 is 5.97 Å². The number of fused-ring (bicyclic) bond motifs is 5. The van der Waals surface area contributed by atoms with E-state index < -0.39 is 48.0 Å². The maximum absolute atomic E-state index is 12.8. The van der Waals surface area contributed by atoms with Crippen molar-refractivity contribution in [2.24, 2.45) is 45.4 Å². The van der Waals surface area contributed by atoms with Crippen molar-refractivity contribution < 1.29 is 34.2 Å². The van der Waals surface area contributed by atoms with Gasteiger partial charge in [0.25, 0.3) is 5.91 Å². The predicted molar refractivity (Wildman–Crippen MR) is 164 cm³/mol. The van der Waals surface area contributed by atoms with Gasteiger partial charge in [0, 0.05) is 11.8 Å². The number of hydrogen-bond donors (Lipinski definition) is 5. The number of rotatable bonds is 11. The maximum Gasteiger partial charge on any atom is 0.326 e. The molecule has 4 rings (SSSR count). The number of allylic oxidation sites excluding steroid dienone is 2. The Bertz CT molecular complexity index is 1270. The van der Waals surface area contributed by atoms with E-state index in [0.717, 1.165) is 50.7 Å². The molecule has 4 aliphatic rings. The topological polar surface area (TPSA) is 180 Å². The predicted octanol–water partition coefficient (Wildman–Crippen LogP) is 2.66. The van der Waals surface area contributed by atoms with Gasteiger partial charge in [0.1, 0.15) is 17.7 Å². The molecule has 0 aromatic rings. The van der Waals surface area contributed by atoms with Crippen molar-refractivity contribution in [2.45, 2.75) is 110 Å². The third-order valence-electron chi connectivity index (χ3n) is 11.3. The number of nitrogens with zero attached hydrogens (tertiary/aromatic N) is 1. The van der Waals surface area contributed by atoms with E-state index in [2.05, 4.69) is 41.6 Å². The highest BCUT2D eigenvalue weighted by Crippen LogP contribution is 2.67. The summed E-state index contributed by atoms with van der Waals surface area (Å²) in [5.41, 5.74) is 6.07. The third-order valence-corrected chi connectivity index (χ3v) is 11.3. The van der Waals surface area contributed by atoms with E-state index in [0.29, 0.717) is 24.2 Å². The summed E-state index contributed by atoms with van der Waals surface area (Å²) in [6.07, 6.45) is 14.9. The second-order valence-electron chi connectivity index (χ2n) is 14.1. The molecule has 0 aliphatic heterocycles. The third kappa shape index (κ3) is 6.37. The number of aliphatic carboxylic acids is 1. The van der Waals surface area contributed by atoms with Gasteiger partial charge in [-0.2, -0.15) is 0 Å². The summed E-state index contributed by atoms with van der Waals surface area (Å²) in [4.78, 5) is 53.4. The molecule has 6 N–H and O–H groups in total. The lowest BCUT2D eigenvalue weighted by molar-refractivity contribution is -0.143. The minimum absolute atomic E-state index is 0.0561. The first-order chi connectivity index (χ1) is 20.6. The summed E-state index contributed by atoms with van der Waals surface area (Å²) in [5.74, 6) is 0.706. The maximum atomic E-state index is 12.8. The summed E-state index contributed by atoms with van der Waals surface area (Å²) < 4.78 is 0. The fraction of sp³-hybridized carbons (Fsp3) is 0.727. The van der Waals surface area contributed by atoms with Crippen molar-refractivity contribution >= 4 is 29.4 Å². The molecule has 0 spiro atoms. The molecule has 0 unspecified atom stereocenters. The molecule has 4 aliphatic carbocycles. The van der Waals surface area contributed by atoms with Crippen molar-refractivity contribution in [1.82, 2.24) is 10.6 Å². The van der Waals surface area contributed by atoms with Crippen molar-refractivity contribution in [2.75, 3.05) is 6.61 Å². The molecule has 8 atom stereocenters. The number of hydrogen-bond acceptors (Lipinski definition) is 7. The molecule has 3 fully saturated rings. The summed E-state index contributed by atoms with van der Waals surface area (Å²) in [6, 6.07) is -2.31. The highest BCUT2D eigenvalue weighted by Gasteiger charge is 2.63. The number of carbonyl (C=O) groups is 4. The summed E-state index contributed by atoms with van der Waals surface area (Å²) >= 11 is 0. The lowest BCUT2D eigenvalue weighted by Crippen LogP contribution is -2.54. The quantitative estimate of drug-likeness (QED) is 0.176. The minimum atomic E-state index is -1.31. The Morgan fingerprint density at radius 1 is 1.11 bits per heavy atom. The number of nitrogens with two attached hydrogens (primary N) is 1.